The number of hydrogen-bond acceptors (Lipinski definition) is 1. The highest BCUT2D eigenvalue weighted by Gasteiger charge is 2.34. The Hall–Kier alpha value is -1.83. The molecule has 0 aliphatic rings. The fraction of sp³-hybridized carbons (Fsp3) is 0.133. The van der Waals surface area contributed by atoms with Crippen LogP contribution < -0.4 is 0 Å². The first kappa shape index (κ1) is 17.5. The summed E-state index contributed by atoms with van der Waals surface area (Å²) in [6, 6.07) is 6.16. The highest BCUT2D eigenvalue weighted by Crippen LogP contribution is 2.36. The van der Waals surface area contributed by atoms with Gasteiger partial charge in [0.2, 0.25) is 0 Å². The summed E-state index contributed by atoms with van der Waals surface area (Å²) in [6.07, 6.45) is -9.21. The number of alkyl halides is 6. The predicted molar refractivity (Wildman–Crippen MR) is 74.0 cm³/mol. The lowest BCUT2D eigenvalue weighted by Gasteiger charge is -2.11. The number of benzene rings is 2. The van der Waals surface area contributed by atoms with Crippen LogP contribution >= 0.6 is 15.9 Å². The Morgan fingerprint density at radius 1 is 0.783 bits per heavy atom. The molecule has 0 fully saturated rings. The van der Waals surface area contributed by atoms with E-state index in [4.69, 9.17) is 0 Å². The Bertz CT molecular complexity index is 731. The lowest BCUT2D eigenvalue weighted by Crippen LogP contribution is -2.10. The van der Waals surface area contributed by atoms with E-state index in [1.165, 1.54) is 6.07 Å². The van der Waals surface area contributed by atoms with Crippen molar-refractivity contribution in [3.63, 3.8) is 0 Å². The lowest BCUT2D eigenvalue weighted by atomic mass is 10.00. The molecule has 0 heterocycles. The van der Waals surface area contributed by atoms with Gasteiger partial charge in [0.25, 0.3) is 0 Å². The van der Waals surface area contributed by atoms with Crippen molar-refractivity contribution < 1.29 is 31.1 Å². The molecule has 23 heavy (non-hydrogen) atoms. The molecule has 122 valence electrons. The Morgan fingerprint density at radius 2 is 1.30 bits per heavy atom. The van der Waals surface area contributed by atoms with Crippen molar-refractivity contribution >= 4 is 21.7 Å². The maximum atomic E-state index is 12.8. The van der Waals surface area contributed by atoms with E-state index in [1.54, 1.807) is 0 Å². The number of ketones is 1. The molecule has 1 nitrogen and oxygen atoms in total. The molecule has 0 aliphatic heterocycles. The minimum absolute atomic E-state index is 0.131. The van der Waals surface area contributed by atoms with Crippen molar-refractivity contribution in [3.05, 3.63) is 69.2 Å². The summed E-state index contributed by atoms with van der Waals surface area (Å²) in [5.74, 6) is -0.795. The fourth-order valence-corrected chi connectivity index (χ4v) is 2.33. The van der Waals surface area contributed by atoms with E-state index >= 15 is 0 Å². The second-order valence-corrected chi connectivity index (χ2v) is 5.45. The number of rotatable bonds is 2. The number of halogens is 7. The van der Waals surface area contributed by atoms with E-state index < -0.39 is 29.3 Å². The van der Waals surface area contributed by atoms with Gasteiger partial charge in [0, 0.05) is 15.6 Å². The average Bonchev–Trinajstić information content (AvgIpc) is 2.45. The highest BCUT2D eigenvalue weighted by molar-refractivity contribution is 9.10. The van der Waals surface area contributed by atoms with Crippen LogP contribution in [0.25, 0.3) is 0 Å². The zero-order valence-electron chi connectivity index (χ0n) is 11.1. The van der Waals surface area contributed by atoms with Crippen LogP contribution in [0.3, 0.4) is 0 Å². The van der Waals surface area contributed by atoms with Crippen LogP contribution in [-0.4, -0.2) is 5.78 Å². The van der Waals surface area contributed by atoms with Gasteiger partial charge in [-0.05, 0) is 30.3 Å². The molecule has 2 aromatic rings. The van der Waals surface area contributed by atoms with Crippen LogP contribution in [-0.2, 0) is 12.4 Å². The predicted octanol–water partition coefficient (Wildman–Crippen LogP) is 5.72. The number of hydrogen-bond donors (Lipinski definition) is 0. The molecule has 2 aromatic carbocycles. The molecule has 8 heteroatoms. The van der Waals surface area contributed by atoms with E-state index in [9.17, 15) is 31.1 Å². The van der Waals surface area contributed by atoms with Crippen LogP contribution in [0.1, 0.15) is 27.0 Å². The third-order valence-corrected chi connectivity index (χ3v) is 3.70. The Morgan fingerprint density at radius 3 is 1.78 bits per heavy atom. The summed E-state index contributed by atoms with van der Waals surface area (Å²) in [7, 11) is 0. The normalized spacial score (nSPS) is 12.3. The van der Waals surface area contributed by atoms with Crippen LogP contribution in [0.5, 0.6) is 0 Å². The van der Waals surface area contributed by atoms with Gasteiger partial charge in [0.05, 0.1) is 11.1 Å². The highest BCUT2D eigenvalue weighted by atomic mass is 79.9. The average molecular weight is 397 g/mol. The van der Waals surface area contributed by atoms with E-state index in [1.807, 2.05) is 0 Å². The second-order valence-electron chi connectivity index (χ2n) is 4.60. The fourth-order valence-electron chi connectivity index (χ4n) is 1.86. The molecule has 0 unspecified atom stereocenters. The van der Waals surface area contributed by atoms with Crippen LogP contribution in [0.15, 0.2) is 46.9 Å². The summed E-state index contributed by atoms with van der Waals surface area (Å²) in [6.45, 7) is 0. The standard InChI is InChI=1S/C15H7BrF6O/c16-12-6-3-9(7-11(12)15(20,21)22)13(23)8-1-4-10(5-2-8)14(17,18)19/h1-7H. The van der Waals surface area contributed by atoms with Gasteiger partial charge in [-0.3, -0.25) is 4.79 Å². The molecule has 0 radical (unpaired) electrons. The molecule has 0 bridgehead atoms. The molecule has 0 atom stereocenters. The van der Waals surface area contributed by atoms with Crippen molar-refractivity contribution in [2.75, 3.05) is 0 Å². The van der Waals surface area contributed by atoms with Gasteiger partial charge >= 0.3 is 12.4 Å². The van der Waals surface area contributed by atoms with Crippen molar-refractivity contribution in [1.29, 1.82) is 0 Å². The molecular weight excluding hydrogens is 390 g/mol. The monoisotopic (exact) mass is 396 g/mol. The number of carbonyl (C=O) groups is 1. The Balaban J connectivity index is 2.38. The molecule has 0 saturated heterocycles. The first-order valence-corrected chi connectivity index (χ1v) is 6.88. The van der Waals surface area contributed by atoms with Gasteiger partial charge in [0.1, 0.15) is 0 Å². The molecule has 0 N–H and O–H groups in total. The summed E-state index contributed by atoms with van der Waals surface area (Å²) >= 11 is 2.75. The maximum Gasteiger partial charge on any atom is 0.417 e. The Labute approximate surface area is 135 Å². The summed E-state index contributed by atoms with van der Waals surface area (Å²) < 4.78 is 75.6. The van der Waals surface area contributed by atoms with Crippen molar-refractivity contribution in [2.45, 2.75) is 12.4 Å². The van der Waals surface area contributed by atoms with Crippen molar-refractivity contribution in [1.82, 2.24) is 0 Å². The molecule has 0 saturated carbocycles. The zero-order chi connectivity index (χ0) is 17.4. The van der Waals surface area contributed by atoms with Crippen molar-refractivity contribution in [3.8, 4) is 0 Å². The summed E-state index contributed by atoms with van der Waals surface area (Å²) in [4.78, 5) is 12.1. The molecule has 0 aromatic heterocycles. The van der Waals surface area contributed by atoms with Crippen LogP contribution in [0, 0.1) is 0 Å². The van der Waals surface area contributed by atoms with Gasteiger partial charge in [-0.2, -0.15) is 26.3 Å². The van der Waals surface area contributed by atoms with E-state index in [0.717, 1.165) is 18.2 Å². The topological polar surface area (TPSA) is 17.1 Å². The first-order chi connectivity index (χ1) is 10.5. The second kappa shape index (κ2) is 5.99. The minimum atomic E-state index is -4.66. The van der Waals surface area contributed by atoms with E-state index in [2.05, 4.69) is 15.9 Å². The third-order valence-electron chi connectivity index (χ3n) is 3.01. The van der Waals surface area contributed by atoms with Crippen LogP contribution in [0.4, 0.5) is 26.3 Å². The molecule has 0 aliphatic carbocycles. The molecule has 2 rings (SSSR count). The Kier molecular flexibility index (Phi) is 4.57. The number of carbonyl (C=O) groups excluding carboxylic acids is 1. The van der Waals surface area contributed by atoms with E-state index in [-0.39, 0.29) is 15.6 Å². The molecule has 0 spiro atoms. The summed E-state index contributed by atoms with van der Waals surface area (Å²) in [5.41, 5.74) is -2.37. The smallest absolute Gasteiger partial charge is 0.289 e. The van der Waals surface area contributed by atoms with Crippen molar-refractivity contribution in [2.24, 2.45) is 0 Å². The van der Waals surface area contributed by atoms with Crippen LogP contribution in [0.2, 0.25) is 0 Å². The van der Waals surface area contributed by atoms with Gasteiger partial charge in [0.15, 0.2) is 5.78 Å². The molecule has 0 amide bonds. The quantitative estimate of drug-likeness (QED) is 0.468. The third kappa shape index (κ3) is 3.93. The molecular formula is C15H7BrF6O. The van der Waals surface area contributed by atoms with Gasteiger partial charge in [-0.25, -0.2) is 0 Å². The maximum absolute atomic E-state index is 12.8. The minimum Gasteiger partial charge on any atom is -0.289 e. The van der Waals surface area contributed by atoms with Gasteiger partial charge < -0.3 is 0 Å². The zero-order valence-corrected chi connectivity index (χ0v) is 12.7. The van der Waals surface area contributed by atoms with Gasteiger partial charge in [-0.1, -0.05) is 28.1 Å². The summed E-state index contributed by atoms with van der Waals surface area (Å²) in [5, 5.41) is 0. The van der Waals surface area contributed by atoms with Gasteiger partial charge in [-0.15, -0.1) is 0 Å². The van der Waals surface area contributed by atoms with E-state index in [0.29, 0.717) is 18.2 Å². The first-order valence-electron chi connectivity index (χ1n) is 6.09. The SMILES string of the molecule is O=C(c1ccc(C(F)(F)F)cc1)c1ccc(Br)c(C(F)(F)F)c1. The largest absolute Gasteiger partial charge is 0.417 e. The lowest BCUT2D eigenvalue weighted by molar-refractivity contribution is -0.138.